The number of aryl methyl sites for hydroxylation is 1. The molecule has 6 nitrogen and oxygen atoms in total. The fourth-order valence-electron chi connectivity index (χ4n) is 2.99. The zero-order chi connectivity index (χ0) is 17.8. The summed E-state index contributed by atoms with van der Waals surface area (Å²) in [5.41, 5.74) is 0.771. The minimum atomic E-state index is -0.385. The summed E-state index contributed by atoms with van der Waals surface area (Å²) in [6, 6.07) is 6.98. The van der Waals surface area contributed by atoms with Crippen LogP contribution in [0, 0.1) is 0 Å². The van der Waals surface area contributed by atoms with Crippen molar-refractivity contribution in [1.29, 1.82) is 0 Å². The van der Waals surface area contributed by atoms with Gasteiger partial charge in [-0.05, 0) is 18.6 Å². The summed E-state index contributed by atoms with van der Waals surface area (Å²) >= 11 is 6.16. The van der Waals surface area contributed by atoms with E-state index in [-0.39, 0.29) is 24.3 Å². The molecule has 3 rings (SSSR count). The van der Waals surface area contributed by atoms with E-state index < -0.39 is 0 Å². The number of aromatic nitrogens is 1. The summed E-state index contributed by atoms with van der Waals surface area (Å²) in [6.45, 7) is 2.94. The monoisotopic (exact) mass is 361 g/mol. The van der Waals surface area contributed by atoms with Crippen molar-refractivity contribution in [1.82, 2.24) is 15.2 Å². The highest BCUT2D eigenvalue weighted by Gasteiger charge is 2.31. The molecule has 1 aliphatic rings. The Labute approximate surface area is 151 Å². The highest BCUT2D eigenvalue weighted by Crippen LogP contribution is 2.28. The van der Waals surface area contributed by atoms with E-state index in [1.165, 1.54) is 0 Å². The van der Waals surface area contributed by atoms with Crippen molar-refractivity contribution in [3.63, 3.8) is 0 Å². The van der Waals surface area contributed by atoms with E-state index in [9.17, 15) is 9.59 Å². The van der Waals surface area contributed by atoms with Crippen LogP contribution in [0.25, 0.3) is 11.3 Å². The Balaban J connectivity index is 1.63. The molecule has 1 fully saturated rings. The van der Waals surface area contributed by atoms with Crippen LogP contribution in [-0.4, -0.2) is 40.8 Å². The summed E-state index contributed by atoms with van der Waals surface area (Å²) < 4.78 is 5.72. The Morgan fingerprint density at radius 2 is 2.24 bits per heavy atom. The minimum Gasteiger partial charge on any atom is -0.441 e. The number of halogens is 1. The van der Waals surface area contributed by atoms with Gasteiger partial charge < -0.3 is 14.6 Å². The molecule has 1 aliphatic heterocycles. The molecule has 0 saturated carbocycles. The van der Waals surface area contributed by atoms with Gasteiger partial charge in [0.1, 0.15) is 6.04 Å². The van der Waals surface area contributed by atoms with Crippen LogP contribution in [0.3, 0.4) is 0 Å². The summed E-state index contributed by atoms with van der Waals surface area (Å²) in [6.07, 6.45) is 2.86. The van der Waals surface area contributed by atoms with E-state index in [2.05, 4.69) is 10.3 Å². The van der Waals surface area contributed by atoms with Crippen LogP contribution in [-0.2, 0) is 16.0 Å². The molecule has 2 heterocycles. The van der Waals surface area contributed by atoms with Crippen LogP contribution < -0.4 is 5.32 Å². The number of nitrogens with one attached hydrogen (secondary N) is 1. The fraction of sp³-hybridized carbons (Fsp3) is 0.389. The van der Waals surface area contributed by atoms with Gasteiger partial charge in [0.15, 0.2) is 11.7 Å². The molecule has 1 aromatic heterocycles. The van der Waals surface area contributed by atoms with Crippen molar-refractivity contribution >= 4 is 23.4 Å². The molecule has 7 heteroatoms. The van der Waals surface area contributed by atoms with Gasteiger partial charge in [-0.15, -0.1) is 0 Å². The molecule has 1 aromatic carbocycles. The lowest BCUT2D eigenvalue weighted by Gasteiger charge is -2.34. The predicted molar refractivity (Wildman–Crippen MR) is 94.1 cm³/mol. The number of hydrogen-bond acceptors (Lipinski definition) is 4. The van der Waals surface area contributed by atoms with E-state index in [1.54, 1.807) is 17.2 Å². The van der Waals surface area contributed by atoms with E-state index >= 15 is 0 Å². The first kappa shape index (κ1) is 17.5. The number of hydrogen-bond donors (Lipinski definition) is 1. The van der Waals surface area contributed by atoms with Gasteiger partial charge in [0.05, 0.1) is 11.2 Å². The molecule has 25 heavy (non-hydrogen) atoms. The van der Waals surface area contributed by atoms with E-state index in [4.69, 9.17) is 16.0 Å². The van der Waals surface area contributed by atoms with E-state index in [0.29, 0.717) is 42.6 Å². The van der Waals surface area contributed by atoms with Crippen molar-refractivity contribution < 1.29 is 14.0 Å². The topological polar surface area (TPSA) is 75.4 Å². The van der Waals surface area contributed by atoms with Crippen LogP contribution in [0.5, 0.6) is 0 Å². The minimum absolute atomic E-state index is 0.0563. The van der Waals surface area contributed by atoms with Crippen molar-refractivity contribution in [3.05, 3.63) is 41.4 Å². The zero-order valence-corrected chi connectivity index (χ0v) is 14.8. The van der Waals surface area contributed by atoms with Gasteiger partial charge in [-0.2, -0.15) is 0 Å². The number of nitrogens with zero attached hydrogens (tertiary/aromatic N) is 2. The Hall–Kier alpha value is -2.34. The maximum absolute atomic E-state index is 12.5. The maximum atomic E-state index is 12.5. The average molecular weight is 362 g/mol. The molecule has 0 bridgehead atoms. The van der Waals surface area contributed by atoms with E-state index in [0.717, 1.165) is 5.56 Å². The summed E-state index contributed by atoms with van der Waals surface area (Å²) in [5.74, 6) is 0.924. The molecule has 0 radical (unpaired) electrons. The van der Waals surface area contributed by atoms with Gasteiger partial charge in [0.2, 0.25) is 11.8 Å². The normalized spacial score (nSPS) is 17.4. The van der Waals surface area contributed by atoms with Crippen LogP contribution in [0.4, 0.5) is 0 Å². The van der Waals surface area contributed by atoms with Gasteiger partial charge in [-0.25, -0.2) is 4.98 Å². The van der Waals surface area contributed by atoms with Crippen molar-refractivity contribution in [2.75, 3.05) is 13.1 Å². The second kappa shape index (κ2) is 7.70. The molecule has 2 amide bonds. The third-order valence-corrected chi connectivity index (χ3v) is 4.61. The van der Waals surface area contributed by atoms with Crippen molar-refractivity contribution in [2.45, 2.75) is 32.2 Å². The molecule has 1 atom stereocenters. The maximum Gasteiger partial charge on any atom is 0.242 e. The van der Waals surface area contributed by atoms with Gasteiger partial charge in [-0.3, -0.25) is 9.59 Å². The number of piperazine rings is 1. The molecule has 0 aliphatic carbocycles. The lowest BCUT2D eigenvalue weighted by atomic mass is 10.1. The number of oxazole rings is 1. The van der Waals surface area contributed by atoms with Crippen molar-refractivity contribution in [2.24, 2.45) is 0 Å². The first-order valence-corrected chi connectivity index (χ1v) is 8.74. The quantitative estimate of drug-likeness (QED) is 0.888. The van der Waals surface area contributed by atoms with Gasteiger partial charge in [-0.1, -0.05) is 30.7 Å². The Kier molecular flexibility index (Phi) is 5.38. The van der Waals surface area contributed by atoms with Crippen LogP contribution in [0.15, 0.2) is 34.9 Å². The number of amides is 2. The Bertz CT molecular complexity index is 774. The molecule has 2 aromatic rings. The molecule has 1 saturated heterocycles. The largest absolute Gasteiger partial charge is 0.441 e. The third-order valence-electron chi connectivity index (χ3n) is 4.28. The zero-order valence-electron chi connectivity index (χ0n) is 14.0. The second-order valence-corrected chi connectivity index (χ2v) is 6.31. The summed E-state index contributed by atoms with van der Waals surface area (Å²) in [4.78, 5) is 30.2. The smallest absolute Gasteiger partial charge is 0.242 e. The fourth-order valence-corrected chi connectivity index (χ4v) is 3.22. The van der Waals surface area contributed by atoms with Crippen LogP contribution >= 0.6 is 11.6 Å². The Morgan fingerprint density at radius 3 is 3.00 bits per heavy atom. The van der Waals surface area contributed by atoms with Gasteiger partial charge in [0, 0.05) is 31.5 Å². The number of benzene rings is 1. The predicted octanol–water partition coefficient (Wildman–Crippen LogP) is 2.66. The number of carbonyl (C=O) groups is 2. The molecular weight excluding hydrogens is 342 g/mol. The standard InChI is InChI=1S/C18H20ClN3O3/c1-2-14-18(24)20-9-10-22(14)17(23)8-7-16-21-11-15(25-16)12-5-3-4-6-13(12)19/h3-6,11,14H,2,7-10H2,1H3,(H,20,24)/t14-/m1/s1. The summed E-state index contributed by atoms with van der Waals surface area (Å²) in [7, 11) is 0. The highest BCUT2D eigenvalue weighted by atomic mass is 35.5. The first-order chi connectivity index (χ1) is 12.1. The number of carbonyl (C=O) groups excluding carboxylic acids is 2. The first-order valence-electron chi connectivity index (χ1n) is 8.37. The lowest BCUT2D eigenvalue weighted by Crippen LogP contribution is -2.56. The molecule has 1 N–H and O–H groups in total. The lowest BCUT2D eigenvalue weighted by molar-refractivity contribution is -0.143. The van der Waals surface area contributed by atoms with Crippen LogP contribution in [0.1, 0.15) is 25.7 Å². The molecule has 0 unspecified atom stereocenters. The van der Waals surface area contributed by atoms with E-state index in [1.807, 2.05) is 25.1 Å². The third kappa shape index (κ3) is 3.85. The highest BCUT2D eigenvalue weighted by molar-refractivity contribution is 6.33. The van der Waals surface area contributed by atoms with Gasteiger partial charge in [0.25, 0.3) is 0 Å². The average Bonchev–Trinajstić information content (AvgIpc) is 3.08. The summed E-state index contributed by atoms with van der Waals surface area (Å²) in [5, 5.41) is 3.38. The molecular formula is C18H20ClN3O3. The molecule has 0 spiro atoms. The number of rotatable bonds is 5. The van der Waals surface area contributed by atoms with Crippen molar-refractivity contribution in [3.8, 4) is 11.3 Å². The second-order valence-electron chi connectivity index (χ2n) is 5.90. The van der Waals surface area contributed by atoms with Gasteiger partial charge >= 0.3 is 0 Å². The van der Waals surface area contributed by atoms with Crippen LogP contribution in [0.2, 0.25) is 5.02 Å². The SMILES string of the molecule is CC[C@@H]1C(=O)NCCN1C(=O)CCc1ncc(-c2ccccc2Cl)o1. The molecule has 132 valence electrons. The Morgan fingerprint density at radius 1 is 1.44 bits per heavy atom.